The van der Waals surface area contributed by atoms with Crippen LogP contribution in [0, 0.1) is 5.92 Å². The summed E-state index contributed by atoms with van der Waals surface area (Å²) in [5.74, 6) is 1.66. The van der Waals surface area contributed by atoms with Crippen LogP contribution in [-0.4, -0.2) is 15.0 Å². The van der Waals surface area contributed by atoms with Crippen molar-refractivity contribution in [1.29, 1.82) is 0 Å². The lowest BCUT2D eigenvalue weighted by atomic mass is 10.2. The monoisotopic (exact) mass is 380 g/mol. The lowest BCUT2D eigenvalue weighted by molar-refractivity contribution is 0.559. The summed E-state index contributed by atoms with van der Waals surface area (Å²) >= 11 is 4.36. The van der Waals surface area contributed by atoms with Crippen LogP contribution in [0.15, 0.2) is 3.21 Å². The maximum atomic E-state index is 4.21. The highest BCUT2D eigenvalue weighted by atomic mass is 127. The van der Waals surface area contributed by atoms with Crippen molar-refractivity contribution in [1.82, 2.24) is 3.11 Å². The zero-order valence-electron chi connectivity index (χ0n) is 7.31. The van der Waals surface area contributed by atoms with Crippen LogP contribution in [0.5, 0.6) is 0 Å². The second-order valence-electron chi connectivity index (χ2n) is 3.00. The topological polar surface area (TPSA) is 15.6 Å². The molecule has 0 bridgehead atoms. The first kappa shape index (κ1) is 11.9. The molecular formula is C7H14I2N2. The molecule has 2 nitrogen and oxygen atoms in total. The molecule has 0 aromatic rings. The maximum Gasteiger partial charge on any atom is 0.122 e. The van der Waals surface area contributed by atoms with Crippen molar-refractivity contribution in [2.45, 2.75) is 33.7 Å². The number of rotatable bonds is 2. The molecule has 0 aliphatic heterocycles. The second-order valence-corrected chi connectivity index (χ2v) is 4.52. The third-order valence-corrected chi connectivity index (χ3v) is 3.38. The van der Waals surface area contributed by atoms with Gasteiger partial charge in [-0.05, 0) is 13.8 Å². The molecule has 0 unspecified atom stereocenters. The Balaban J connectivity index is 4.28. The molecule has 0 atom stereocenters. The summed E-state index contributed by atoms with van der Waals surface area (Å²) < 4.78 is 6.39. The van der Waals surface area contributed by atoms with Gasteiger partial charge >= 0.3 is 0 Å². The number of halogens is 2. The van der Waals surface area contributed by atoms with Crippen molar-refractivity contribution in [2.24, 2.45) is 9.12 Å². The summed E-state index contributed by atoms with van der Waals surface area (Å²) in [5.41, 5.74) is 0. The summed E-state index contributed by atoms with van der Waals surface area (Å²) in [5, 5.41) is 0. The van der Waals surface area contributed by atoms with Crippen molar-refractivity contribution >= 4 is 51.6 Å². The van der Waals surface area contributed by atoms with Gasteiger partial charge in [0.1, 0.15) is 5.84 Å². The van der Waals surface area contributed by atoms with Crippen LogP contribution in [0.3, 0.4) is 0 Å². The largest absolute Gasteiger partial charge is 0.300 e. The van der Waals surface area contributed by atoms with E-state index in [-0.39, 0.29) is 0 Å². The first-order valence-electron chi connectivity index (χ1n) is 3.64. The fourth-order valence-electron chi connectivity index (χ4n) is 0.645. The lowest BCUT2D eigenvalue weighted by Crippen LogP contribution is -2.30. The van der Waals surface area contributed by atoms with E-state index in [9.17, 15) is 0 Å². The van der Waals surface area contributed by atoms with Gasteiger partial charge in [0, 0.05) is 12.0 Å². The van der Waals surface area contributed by atoms with Gasteiger partial charge in [0.2, 0.25) is 0 Å². The van der Waals surface area contributed by atoms with Crippen molar-refractivity contribution in [3.63, 3.8) is 0 Å². The van der Waals surface area contributed by atoms with Crippen LogP contribution in [0.2, 0.25) is 0 Å². The van der Waals surface area contributed by atoms with Crippen LogP contribution in [0.1, 0.15) is 27.7 Å². The van der Waals surface area contributed by atoms with E-state index in [1.54, 1.807) is 0 Å². The van der Waals surface area contributed by atoms with Gasteiger partial charge in [0.05, 0.1) is 45.7 Å². The van der Waals surface area contributed by atoms with Crippen LogP contribution >= 0.6 is 45.7 Å². The minimum atomic E-state index is 0.506. The Morgan fingerprint density at radius 2 is 1.73 bits per heavy atom. The minimum Gasteiger partial charge on any atom is -0.300 e. The van der Waals surface area contributed by atoms with Crippen molar-refractivity contribution in [3.8, 4) is 0 Å². The fraction of sp³-hybridized carbons (Fsp3) is 0.857. The standard InChI is InChI=1S/C7H14I2N2/c1-5(2)7(10-8)11(9)6(3)4/h5-6H,1-4H3. The van der Waals surface area contributed by atoms with Gasteiger partial charge in [-0.3, -0.25) is 3.11 Å². The van der Waals surface area contributed by atoms with Gasteiger partial charge in [-0.25, -0.2) is 3.21 Å². The molecule has 0 fully saturated rings. The molecule has 0 amide bonds. The summed E-state index contributed by atoms with van der Waals surface area (Å²) in [6.07, 6.45) is 0. The number of nitrogens with zero attached hydrogens (tertiary/aromatic N) is 2. The van der Waals surface area contributed by atoms with Crippen molar-refractivity contribution in [2.75, 3.05) is 0 Å². The van der Waals surface area contributed by atoms with Gasteiger partial charge in [0.25, 0.3) is 0 Å². The van der Waals surface area contributed by atoms with Crippen LogP contribution in [0.25, 0.3) is 0 Å². The van der Waals surface area contributed by atoms with E-state index in [4.69, 9.17) is 0 Å². The highest BCUT2D eigenvalue weighted by Gasteiger charge is 2.14. The Labute approximate surface area is 96.8 Å². The van der Waals surface area contributed by atoms with Crippen molar-refractivity contribution in [3.05, 3.63) is 0 Å². The van der Waals surface area contributed by atoms with E-state index in [2.05, 4.69) is 79.7 Å². The third kappa shape index (κ3) is 3.91. The maximum absolute atomic E-state index is 4.21. The van der Waals surface area contributed by atoms with E-state index in [0.29, 0.717) is 12.0 Å². The zero-order chi connectivity index (χ0) is 9.02. The molecule has 0 saturated carbocycles. The second kappa shape index (κ2) is 5.55. The van der Waals surface area contributed by atoms with Crippen molar-refractivity contribution < 1.29 is 0 Å². The summed E-state index contributed by atoms with van der Waals surface area (Å²) in [7, 11) is 0. The molecule has 0 heterocycles. The van der Waals surface area contributed by atoms with Crippen LogP contribution in [-0.2, 0) is 0 Å². The normalized spacial score (nSPS) is 12.9. The Bertz CT molecular complexity index is 143. The Hall–Kier alpha value is 0.930. The van der Waals surface area contributed by atoms with E-state index >= 15 is 0 Å². The predicted octanol–water partition coefficient (Wildman–Crippen LogP) is 3.45. The summed E-state index contributed by atoms with van der Waals surface area (Å²) in [6, 6.07) is 0.520. The molecule has 0 aromatic carbocycles. The van der Waals surface area contributed by atoms with E-state index in [1.165, 1.54) is 0 Å². The number of hydrogen-bond acceptors (Lipinski definition) is 1. The lowest BCUT2D eigenvalue weighted by Gasteiger charge is -2.24. The molecule has 0 rings (SSSR count). The smallest absolute Gasteiger partial charge is 0.122 e. The fourth-order valence-corrected chi connectivity index (χ4v) is 2.51. The molecule has 4 heteroatoms. The predicted molar refractivity (Wildman–Crippen MR) is 67.3 cm³/mol. The van der Waals surface area contributed by atoms with E-state index in [0.717, 1.165) is 5.84 Å². The van der Waals surface area contributed by atoms with Gasteiger partial charge < -0.3 is 0 Å². The van der Waals surface area contributed by atoms with E-state index in [1.807, 2.05) is 0 Å². The van der Waals surface area contributed by atoms with E-state index < -0.39 is 0 Å². The first-order valence-corrected chi connectivity index (χ1v) is 5.57. The molecule has 11 heavy (non-hydrogen) atoms. The molecule has 0 radical (unpaired) electrons. The Morgan fingerprint density at radius 1 is 1.27 bits per heavy atom. The third-order valence-electron chi connectivity index (χ3n) is 1.28. The number of amidine groups is 1. The molecule has 0 saturated heterocycles. The number of hydrogen-bond donors (Lipinski definition) is 0. The molecule has 66 valence electrons. The summed E-state index contributed by atoms with van der Waals surface area (Å²) in [4.78, 5) is 0. The van der Waals surface area contributed by atoms with Gasteiger partial charge in [-0.2, -0.15) is 0 Å². The average Bonchev–Trinajstić information content (AvgIpc) is 1.88. The Morgan fingerprint density at radius 3 is 1.82 bits per heavy atom. The van der Waals surface area contributed by atoms with Gasteiger partial charge in [0.15, 0.2) is 0 Å². The van der Waals surface area contributed by atoms with Crippen LogP contribution in [0.4, 0.5) is 0 Å². The highest BCUT2D eigenvalue weighted by molar-refractivity contribution is 14.1. The molecular weight excluding hydrogens is 366 g/mol. The van der Waals surface area contributed by atoms with Crippen LogP contribution < -0.4 is 0 Å². The molecule has 0 aromatic heterocycles. The summed E-state index contributed by atoms with van der Waals surface area (Å²) in [6.45, 7) is 8.64. The zero-order valence-corrected chi connectivity index (χ0v) is 11.6. The molecule has 0 N–H and O–H groups in total. The quantitative estimate of drug-likeness (QED) is 0.310. The average molecular weight is 380 g/mol. The van der Waals surface area contributed by atoms with Gasteiger partial charge in [-0.1, -0.05) is 13.8 Å². The molecule has 0 aliphatic carbocycles. The highest BCUT2D eigenvalue weighted by Crippen LogP contribution is 2.14. The first-order chi connectivity index (χ1) is 5.00. The SMILES string of the molecule is CC(C)C(=NI)N(I)C(C)C. The minimum absolute atomic E-state index is 0.506. The molecule has 0 aliphatic rings. The Kier molecular flexibility index (Phi) is 6.02. The molecule has 0 spiro atoms. The van der Waals surface area contributed by atoms with Gasteiger partial charge in [-0.15, -0.1) is 0 Å².